The molecule has 1 amide bonds. The maximum atomic E-state index is 13.9. The molecule has 1 aliphatic rings. The first-order chi connectivity index (χ1) is 10.8. The van der Waals surface area contributed by atoms with E-state index < -0.39 is 35.5 Å². The van der Waals surface area contributed by atoms with Crippen LogP contribution in [0.4, 0.5) is 23.2 Å². The molecule has 1 fully saturated rings. The summed E-state index contributed by atoms with van der Waals surface area (Å²) in [6, 6.07) is 8.28. The number of nitrogens with two attached hydrogens (primary N) is 1. The van der Waals surface area contributed by atoms with Gasteiger partial charge < -0.3 is 10.6 Å². The van der Waals surface area contributed by atoms with E-state index in [1.807, 2.05) is 0 Å². The van der Waals surface area contributed by atoms with Crippen molar-refractivity contribution in [3.63, 3.8) is 0 Å². The Balaban J connectivity index is 2.02. The standard InChI is InChI=1S/C16H12F4N2O/c17-12-7-2-1-6-11(12)14-13(21)15(23)22(14)10-5-3-4-9(8-10)16(18,19)20/h1-8,13-14H,21H2. The first-order valence-electron chi connectivity index (χ1n) is 6.81. The average molecular weight is 324 g/mol. The van der Waals surface area contributed by atoms with E-state index in [2.05, 4.69) is 0 Å². The number of alkyl halides is 3. The van der Waals surface area contributed by atoms with Crippen LogP contribution < -0.4 is 10.6 Å². The van der Waals surface area contributed by atoms with Gasteiger partial charge >= 0.3 is 6.18 Å². The normalized spacial score (nSPS) is 21.3. The van der Waals surface area contributed by atoms with Crippen LogP contribution in [0.2, 0.25) is 0 Å². The van der Waals surface area contributed by atoms with Gasteiger partial charge in [0.15, 0.2) is 0 Å². The summed E-state index contributed by atoms with van der Waals surface area (Å²) in [6.45, 7) is 0. The summed E-state index contributed by atoms with van der Waals surface area (Å²) in [4.78, 5) is 13.1. The number of hydrogen-bond donors (Lipinski definition) is 1. The molecule has 23 heavy (non-hydrogen) atoms. The van der Waals surface area contributed by atoms with Crippen LogP contribution in [0.5, 0.6) is 0 Å². The molecule has 1 heterocycles. The van der Waals surface area contributed by atoms with Crippen LogP contribution in [0, 0.1) is 5.82 Å². The second-order valence-corrected chi connectivity index (χ2v) is 5.25. The molecule has 3 rings (SSSR count). The topological polar surface area (TPSA) is 46.3 Å². The Labute approximate surface area is 129 Å². The molecule has 0 spiro atoms. The van der Waals surface area contributed by atoms with Gasteiger partial charge in [0.1, 0.15) is 11.9 Å². The summed E-state index contributed by atoms with van der Waals surface area (Å²) in [5, 5.41) is 0. The van der Waals surface area contributed by atoms with Crippen molar-refractivity contribution in [3.8, 4) is 0 Å². The smallest absolute Gasteiger partial charge is 0.318 e. The molecule has 2 atom stereocenters. The third-order valence-electron chi connectivity index (χ3n) is 3.82. The molecule has 3 nitrogen and oxygen atoms in total. The molecule has 1 saturated heterocycles. The van der Waals surface area contributed by atoms with E-state index in [1.54, 1.807) is 6.07 Å². The van der Waals surface area contributed by atoms with E-state index in [-0.39, 0.29) is 11.3 Å². The summed E-state index contributed by atoms with van der Waals surface area (Å²) in [7, 11) is 0. The van der Waals surface area contributed by atoms with Crippen molar-refractivity contribution in [1.82, 2.24) is 0 Å². The molecule has 2 unspecified atom stereocenters. The Kier molecular flexibility index (Phi) is 3.60. The SMILES string of the molecule is NC1C(=O)N(c2cccc(C(F)(F)F)c2)C1c1ccccc1F. The van der Waals surface area contributed by atoms with Crippen LogP contribution in [0.1, 0.15) is 17.2 Å². The van der Waals surface area contributed by atoms with E-state index in [1.165, 1.54) is 30.3 Å². The lowest BCUT2D eigenvalue weighted by Gasteiger charge is -2.45. The quantitative estimate of drug-likeness (QED) is 0.681. The van der Waals surface area contributed by atoms with Crippen LogP contribution in [-0.4, -0.2) is 11.9 Å². The molecule has 0 aliphatic carbocycles. The molecule has 2 N–H and O–H groups in total. The van der Waals surface area contributed by atoms with Gasteiger partial charge in [-0.05, 0) is 24.3 Å². The predicted octanol–water partition coefficient (Wildman–Crippen LogP) is 3.26. The highest BCUT2D eigenvalue weighted by atomic mass is 19.4. The van der Waals surface area contributed by atoms with E-state index in [4.69, 9.17) is 5.73 Å². The molecule has 0 bridgehead atoms. The van der Waals surface area contributed by atoms with Gasteiger partial charge in [0.2, 0.25) is 5.91 Å². The maximum absolute atomic E-state index is 13.9. The lowest BCUT2D eigenvalue weighted by molar-refractivity contribution is -0.137. The van der Waals surface area contributed by atoms with Crippen molar-refractivity contribution < 1.29 is 22.4 Å². The van der Waals surface area contributed by atoms with Crippen LogP contribution in [0.25, 0.3) is 0 Å². The van der Waals surface area contributed by atoms with Crippen LogP contribution in [0.3, 0.4) is 0 Å². The molecule has 120 valence electrons. The predicted molar refractivity (Wildman–Crippen MR) is 76.0 cm³/mol. The first-order valence-corrected chi connectivity index (χ1v) is 6.81. The number of carbonyl (C=O) groups excluding carboxylic acids is 1. The Morgan fingerprint density at radius 1 is 1.04 bits per heavy atom. The molecule has 2 aromatic rings. The van der Waals surface area contributed by atoms with E-state index >= 15 is 0 Å². The molecular weight excluding hydrogens is 312 g/mol. The number of benzene rings is 2. The molecule has 1 aliphatic heterocycles. The van der Waals surface area contributed by atoms with Gasteiger partial charge in [-0.1, -0.05) is 24.3 Å². The highest BCUT2D eigenvalue weighted by Gasteiger charge is 2.48. The van der Waals surface area contributed by atoms with Gasteiger partial charge in [-0.2, -0.15) is 13.2 Å². The number of halogens is 4. The fourth-order valence-corrected chi connectivity index (χ4v) is 2.68. The highest BCUT2D eigenvalue weighted by molar-refractivity contribution is 6.05. The highest BCUT2D eigenvalue weighted by Crippen LogP contribution is 2.40. The summed E-state index contributed by atoms with van der Waals surface area (Å²) in [5.41, 5.74) is 5.08. The number of nitrogens with zero attached hydrogens (tertiary/aromatic N) is 1. The van der Waals surface area contributed by atoms with Crippen molar-refractivity contribution >= 4 is 11.6 Å². The molecular formula is C16H12F4N2O. The van der Waals surface area contributed by atoms with E-state index in [0.717, 1.165) is 17.0 Å². The third kappa shape index (κ3) is 2.57. The minimum atomic E-state index is -4.53. The largest absolute Gasteiger partial charge is 0.416 e. The monoisotopic (exact) mass is 324 g/mol. The maximum Gasteiger partial charge on any atom is 0.416 e. The van der Waals surface area contributed by atoms with Crippen LogP contribution in [0.15, 0.2) is 48.5 Å². The molecule has 2 aromatic carbocycles. The van der Waals surface area contributed by atoms with Crippen molar-refractivity contribution in [2.45, 2.75) is 18.3 Å². The van der Waals surface area contributed by atoms with Gasteiger partial charge in [0.25, 0.3) is 0 Å². The zero-order valence-corrected chi connectivity index (χ0v) is 11.7. The number of β-lactam (4-membered cyclic amide) rings is 1. The van der Waals surface area contributed by atoms with Gasteiger partial charge in [-0.25, -0.2) is 4.39 Å². The Morgan fingerprint density at radius 3 is 2.39 bits per heavy atom. The van der Waals surface area contributed by atoms with Crippen molar-refractivity contribution in [2.24, 2.45) is 5.73 Å². The lowest BCUT2D eigenvalue weighted by Crippen LogP contribution is -2.63. The van der Waals surface area contributed by atoms with E-state index in [0.29, 0.717) is 0 Å². The third-order valence-corrected chi connectivity index (χ3v) is 3.82. The minimum Gasteiger partial charge on any atom is -0.318 e. The molecule has 0 aromatic heterocycles. The van der Waals surface area contributed by atoms with Crippen molar-refractivity contribution in [2.75, 3.05) is 4.90 Å². The Bertz CT molecular complexity index is 760. The van der Waals surface area contributed by atoms with Gasteiger partial charge in [0, 0.05) is 11.3 Å². The molecule has 7 heteroatoms. The number of hydrogen-bond acceptors (Lipinski definition) is 2. The van der Waals surface area contributed by atoms with Crippen molar-refractivity contribution in [1.29, 1.82) is 0 Å². The average Bonchev–Trinajstić information content (AvgIpc) is 2.52. The van der Waals surface area contributed by atoms with E-state index in [9.17, 15) is 22.4 Å². The minimum absolute atomic E-state index is 0.0415. The fourth-order valence-electron chi connectivity index (χ4n) is 2.68. The second kappa shape index (κ2) is 5.34. The van der Waals surface area contributed by atoms with Crippen LogP contribution in [-0.2, 0) is 11.0 Å². The van der Waals surface area contributed by atoms with Gasteiger partial charge in [0.05, 0.1) is 11.6 Å². The number of amides is 1. The molecule has 0 saturated carbocycles. The Morgan fingerprint density at radius 2 is 1.74 bits per heavy atom. The van der Waals surface area contributed by atoms with Crippen LogP contribution >= 0.6 is 0 Å². The molecule has 0 radical (unpaired) electrons. The number of carbonyl (C=O) groups is 1. The van der Waals surface area contributed by atoms with Gasteiger partial charge in [-0.3, -0.25) is 4.79 Å². The number of rotatable bonds is 2. The summed E-state index contributed by atoms with van der Waals surface area (Å²) in [6.07, 6.45) is -4.53. The lowest BCUT2D eigenvalue weighted by atomic mass is 9.88. The fraction of sp³-hybridized carbons (Fsp3) is 0.188. The summed E-state index contributed by atoms with van der Waals surface area (Å²) in [5.74, 6) is -1.10. The summed E-state index contributed by atoms with van der Waals surface area (Å²) >= 11 is 0. The zero-order chi connectivity index (χ0) is 16.8. The van der Waals surface area contributed by atoms with Crippen molar-refractivity contribution in [3.05, 3.63) is 65.5 Å². The van der Waals surface area contributed by atoms with Gasteiger partial charge in [-0.15, -0.1) is 0 Å². The summed E-state index contributed by atoms with van der Waals surface area (Å²) < 4.78 is 52.4. The second-order valence-electron chi connectivity index (χ2n) is 5.25. The number of anilines is 1. The zero-order valence-electron chi connectivity index (χ0n) is 11.7. The first kappa shape index (κ1) is 15.5. The Hall–Kier alpha value is -2.41.